The van der Waals surface area contributed by atoms with E-state index in [1.165, 1.54) is 19.3 Å². The second-order valence-corrected chi connectivity index (χ2v) is 7.48. The Bertz CT molecular complexity index is 749. The second-order valence-electron chi connectivity index (χ2n) is 7.48. The molecule has 0 radical (unpaired) electrons. The number of carbonyl (C=O) groups is 1. The summed E-state index contributed by atoms with van der Waals surface area (Å²) in [5.74, 6) is 0.179. The minimum absolute atomic E-state index is 0.0541. The van der Waals surface area contributed by atoms with E-state index in [9.17, 15) is 4.79 Å². The van der Waals surface area contributed by atoms with Gasteiger partial charge in [-0.2, -0.15) is 0 Å². The zero-order valence-corrected chi connectivity index (χ0v) is 14.9. The van der Waals surface area contributed by atoms with E-state index in [-0.39, 0.29) is 18.0 Å². The zero-order chi connectivity index (χ0) is 17.3. The third kappa shape index (κ3) is 3.03. The fraction of sp³-hybridized carbons (Fsp3) is 0.632. The van der Waals surface area contributed by atoms with E-state index < -0.39 is 0 Å². The summed E-state index contributed by atoms with van der Waals surface area (Å²) in [5.41, 5.74) is 1.82. The van der Waals surface area contributed by atoms with Crippen molar-refractivity contribution in [3.05, 3.63) is 24.3 Å². The first-order chi connectivity index (χ1) is 12.2. The predicted molar refractivity (Wildman–Crippen MR) is 97.1 cm³/mol. The van der Waals surface area contributed by atoms with Crippen LogP contribution in [0.1, 0.15) is 45.4 Å². The molecule has 2 heterocycles. The van der Waals surface area contributed by atoms with E-state index in [1.54, 1.807) is 4.68 Å². The molecule has 25 heavy (non-hydrogen) atoms. The van der Waals surface area contributed by atoms with Crippen molar-refractivity contribution in [1.29, 1.82) is 0 Å². The standard InChI is InChI=1S/C19H27N5O/c1-2-20-15-12-19(10-6-3-7-11-19)23(13-15)18(25)14-24-17-9-5-4-8-16(17)21-22-24/h4-5,8-9,15,20H,2-3,6-7,10-14H2,1H3. The van der Waals surface area contributed by atoms with E-state index in [1.807, 2.05) is 24.3 Å². The summed E-state index contributed by atoms with van der Waals surface area (Å²) in [4.78, 5) is 15.4. The van der Waals surface area contributed by atoms with Crippen LogP contribution < -0.4 is 5.32 Å². The highest BCUT2D eigenvalue weighted by Gasteiger charge is 2.47. The third-order valence-corrected chi connectivity index (χ3v) is 5.89. The molecule has 134 valence electrons. The van der Waals surface area contributed by atoms with Gasteiger partial charge in [0.1, 0.15) is 12.1 Å². The lowest BCUT2D eigenvalue weighted by Crippen LogP contribution is -2.49. The molecule has 1 aliphatic heterocycles. The highest BCUT2D eigenvalue weighted by molar-refractivity contribution is 5.80. The van der Waals surface area contributed by atoms with E-state index in [4.69, 9.17) is 0 Å². The molecule has 1 unspecified atom stereocenters. The second kappa shape index (κ2) is 6.75. The van der Waals surface area contributed by atoms with E-state index in [2.05, 4.69) is 27.5 Å². The Morgan fingerprint density at radius 3 is 2.88 bits per heavy atom. The topological polar surface area (TPSA) is 63.1 Å². The summed E-state index contributed by atoms with van der Waals surface area (Å²) >= 11 is 0. The lowest BCUT2D eigenvalue weighted by Gasteiger charge is -2.41. The number of aromatic nitrogens is 3. The Balaban J connectivity index is 1.56. The normalized spacial score (nSPS) is 22.8. The van der Waals surface area contributed by atoms with Crippen molar-refractivity contribution in [2.45, 2.75) is 63.6 Å². The molecule has 1 atom stereocenters. The maximum atomic E-state index is 13.2. The van der Waals surface area contributed by atoms with Gasteiger partial charge in [-0.05, 0) is 37.9 Å². The Morgan fingerprint density at radius 1 is 1.28 bits per heavy atom. The van der Waals surface area contributed by atoms with Gasteiger partial charge in [0.25, 0.3) is 0 Å². The number of likely N-dealkylation sites (N-methyl/N-ethyl adjacent to an activating group) is 1. The Hall–Kier alpha value is -1.95. The number of hydrogen-bond donors (Lipinski definition) is 1. The molecule has 0 bridgehead atoms. The van der Waals surface area contributed by atoms with E-state index in [0.29, 0.717) is 6.04 Å². The summed E-state index contributed by atoms with van der Waals surface area (Å²) in [6.45, 7) is 4.19. The lowest BCUT2D eigenvalue weighted by molar-refractivity contribution is -0.137. The van der Waals surface area contributed by atoms with Gasteiger partial charge in [0.05, 0.1) is 5.52 Å². The summed E-state index contributed by atoms with van der Waals surface area (Å²) in [7, 11) is 0. The van der Waals surface area contributed by atoms with Crippen molar-refractivity contribution < 1.29 is 4.79 Å². The summed E-state index contributed by atoms with van der Waals surface area (Å²) in [5, 5.41) is 11.9. The van der Waals surface area contributed by atoms with Crippen molar-refractivity contribution in [3.8, 4) is 0 Å². The molecule has 1 aliphatic carbocycles. The number of hydrogen-bond acceptors (Lipinski definition) is 4. The van der Waals surface area contributed by atoms with Gasteiger partial charge in [-0.25, -0.2) is 4.68 Å². The molecule has 1 aromatic carbocycles. The number of carbonyl (C=O) groups excluding carboxylic acids is 1. The Labute approximate surface area is 148 Å². The number of rotatable bonds is 4. The number of fused-ring (bicyclic) bond motifs is 1. The van der Waals surface area contributed by atoms with Gasteiger partial charge in [-0.1, -0.05) is 43.5 Å². The van der Waals surface area contributed by atoms with Gasteiger partial charge in [0.15, 0.2) is 0 Å². The largest absolute Gasteiger partial charge is 0.334 e. The van der Waals surface area contributed by atoms with Crippen molar-refractivity contribution in [2.24, 2.45) is 0 Å². The first-order valence-corrected chi connectivity index (χ1v) is 9.54. The monoisotopic (exact) mass is 341 g/mol. The van der Waals surface area contributed by atoms with E-state index >= 15 is 0 Å². The fourth-order valence-corrected chi connectivity index (χ4v) is 4.77. The minimum Gasteiger partial charge on any atom is -0.334 e. The molecule has 6 heteroatoms. The predicted octanol–water partition coefficient (Wildman–Crippen LogP) is 2.34. The molecular weight excluding hydrogens is 314 g/mol. The minimum atomic E-state index is 0.0541. The van der Waals surface area contributed by atoms with Crippen LogP contribution in [0.15, 0.2) is 24.3 Å². The van der Waals surface area contributed by atoms with Crippen LogP contribution in [-0.2, 0) is 11.3 Å². The van der Waals surface area contributed by atoms with Gasteiger partial charge in [-0.3, -0.25) is 4.79 Å². The Morgan fingerprint density at radius 2 is 2.08 bits per heavy atom. The molecule has 2 aliphatic rings. The fourth-order valence-electron chi connectivity index (χ4n) is 4.77. The summed E-state index contributed by atoms with van der Waals surface area (Å²) in [6.07, 6.45) is 7.12. The SMILES string of the molecule is CCNC1CN(C(=O)Cn2nnc3ccccc32)C2(CCCCC2)C1. The number of para-hydroxylation sites is 1. The van der Waals surface area contributed by atoms with Crippen LogP contribution in [0.5, 0.6) is 0 Å². The van der Waals surface area contributed by atoms with E-state index in [0.717, 1.165) is 43.4 Å². The van der Waals surface area contributed by atoms with Gasteiger partial charge in [0.2, 0.25) is 5.91 Å². The van der Waals surface area contributed by atoms with Crippen molar-refractivity contribution in [1.82, 2.24) is 25.2 Å². The molecule has 2 fully saturated rings. The average molecular weight is 341 g/mol. The molecule has 6 nitrogen and oxygen atoms in total. The molecule has 1 saturated carbocycles. The maximum Gasteiger partial charge on any atom is 0.244 e. The number of nitrogens with one attached hydrogen (secondary N) is 1. The third-order valence-electron chi connectivity index (χ3n) is 5.89. The van der Waals surface area contributed by atoms with Gasteiger partial charge < -0.3 is 10.2 Å². The highest BCUT2D eigenvalue weighted by Crippen LogP contribution is 2.41. The smallest absolute Gasteiger partial charge is 0.244 e. The maximum absolute atomic E-state index is 13.2. The number of nitrogens with zero attached hydrogens (tertiary/aromatic N) is 4. The number of likely N-dealkylation sites (tertiary alicyclic amines) is 1. The van der Waals surface area contributed by atoms with Crippen LogP contribution in [0.4, 0.5) is 0 Å². The zero-order valence-electron chi connectivity index (χ0n) is 14.9. The molecule has 1 spiro atoms. The summed E-state index contributed by atoms with van der Waals surface area (Å²) in [6, 6.07) is 8.24. The molecule has 1 aromatic heterocycles. The first-order valence-electron chi connectivity index (χ1n) is 9.54. The first kappa shape index (κ1) is 16.5. The van der Waals surface area contributed by atoms with Gasteiger partial charge in [0, 0.05) is 18.1 Å². The number of benzene rings is 1. The van der Waals surface area contributed by atoms with Crippen molar-refractivity contribution in [3.63, 3.8) is 0 Å². The quantitative estimate of drug-likeness (QED) is 0.927. The average Bonchev–Trinajstić information content (AvgIpc) is 3.18. The van der Waals surface area contributed by atoms with Gasteiger partial charge >= 0.3 is 0 Å². The van der Waals surface area contributed by atoms with Crippen molar-refractivity contribution >= 4 is 16.9 Å². The van der Waals surface area contributed by atoms with Crippen molar-refractivity contribution in [2.75, 3.05) is 13.1 Å². The van der Waals surface area contributed by atoms with Crippen LogP contribution in [0.3, 0.4) is 0 Å². The molecule has 2 aromatic rings. The van der Waals surface area contributed by atoms with Gasteiger partial charge in [-0.15, -0.1) is 5.10 Å². The van der Waals surface area contributed by atoms with Crippen LogP contribution >= 0.6 is 0 Å². The molecule has 4 rings (SSSR count). The number of amides is 1. The molecule has 1 N–H and O–H groups in total. The lowest BCUT2D eigenvalue weighted by atomic mass is 9.79. The molecule has 1 saturated heterocycles. The molecule has 1 amide bonds. The summed E-state index contributed by atoms with van der Waals surface area (Å²) < 4.78 is 1.74. The van der Waals surface area contributed by atoms with Crippen LogP contribution in [0.25, 0.3) is 11.0 Å². The van der Waals surface area contributed by atoms with Crippen LogP contribution in [0, 0.1) is 0 Å². The molecular formula is C19H27N5O. The van der Waals surface area contributed by atoms with Crippen LogP contribution in [-0.4, -0.2) is 50.5 Å². The van der Waals surface area contributed by atoms with Crippen LogP contribution in [0.2, 0.25) is 0 Å². The Kier molecular flexibility index (Phi) is 4.46. The highest BCUT2D eigenvalue weighted by atomic mass is 16.2.